The van der Waals surface area contributed by atoms with Crippen molar-refractivity contribution in [3.63, 3.8) is 0 Å². The quantitative estimate of drug-likeness (QED) is 0.693. The Labute approximate surface area is 175 Å². The van der Waals surface area contributed by atoms with E-state index in [1.54, 1.807) is 17.0 Å². The standard InChI is InChI=1S/C23H25FN4O2/c1-16-5-3-4-6-20(16)22-26-21(17(2)30-22)15-27-11-13-28(14-12-27)23(29)25-19-9-7-18(24)8-10-19/h3-10H,11-15H2,1-2H3,(H,25,29). The highest BCUT2D eigenvalue weighted by Crippen LogP contribution is 2.25. The Morgan fingerprint density at radius 3 is 2.47 bits per heavy atom. The highest BCUT2D eigenvalue weighted by molar-refractivity contribution is 5.89. The fourth-order valence-corrected chi connectivity index (χ4v) is 3.56. The van der Waals surface area contributed by atoms with Crippen LogP contribution in [0.3, 0.4) is 0 Å². The number of amides is 2. The largest absolute Gasteiger partial charge is 0.441 e. The molecular weight excluding hydrogens is 383 g/mol. The fraction of sp³-hybridized carbons (Fsp3) is 0.304. The van der Waals surface area contributed by atoms with Crippen molar-refractivity contribution in [2.45, 2.75) is 20.4 Å². The number of aromatic nitrogens is 1. The van der Waals surface area contributed by atoms with Crippen LogP contribution in [-0.4, -0.2) is 47.0 Å². The van der Waals surface area contributed by atoms with Gasteiger partial charge in [-0.15, -0.1) is 0 Å². The van der Waals surface area contributed by atoms with E-state index in [9.17, 15) is 9.18 Å². The molecule has 0 saturated carbocycles. The van der Waals surface area contributed by atoms with Crippen LogP contribution in [-0.2, 0) is 6.54 Å². The van der Waals surface area contributed by atoms with E-state index in [4.69, 9.17) is 9.40 Å². The maximum absolute atomic E-state index is 13.0. The van der Waals surface area contributed by atoms with E-state index in [0.29, 0.717) is 31.2 Å². The van der Waals surface area contributed by atoms with Crippen molar-refractivity contribution >= 4 is 11.7 Å². The number of anilines is 1. The van der Waals surface area contributed by atoms with Crippen molar-refractivity contribution in [2.24, 2.45) is 0 Å². The monoisotopic (exact) mass is 408 g/mol. The summed E-state index contributed by atoms with van der Waals surface area (Å²) in [7, 11) is 0. The van der Waals surface area contributed by atoms with Gasteiger partial charge in [-0.1, -0.05) is 18.2 Å². The molecule has 0 atom stereocenters. The Bertz CT molecular complexity index is 1020. The first-order valence-corrected chi connectivity index (χ1v) is 10.1. The molecule has 1 aromatic heterocycles. The number of rotatable bonds is 4. The maximum Gasteiger partial charge on any atom is 0.321 e. The third-order valence-corrected chi connectivity index (χ3v) is 5.40. The van der Waals surface area contributed by atoms with Gasteiger partial charge in [-0.2, -0.15) is 0 Å². The van der Waals surface area contributed by atoms with Gasteiger partial charge in [0.25, 0.3) is 0 Å². The molecule has 1 saturated heterocycles. The van der Waals surface area contributed by atoms with Gasteiger partial charge in [-0.25, -0.2) is 14.2 Å². The molecule has 0 bridgehead atoms. The first kappa shape index (κ1) is 20.1. The number of hydrogen-bond acceptors (Lipinski definition) is 4. The van der Waals surface area contributed by atoms with Crippen LogP contribution < -0.4 is 5.32 Å². The molecule has 0 spiro atoms. The number of piperazine rings is 1. The Hall–Kier alpha value is -3.19. The fourth-order valence-electron chi connectivity index (χ4n) is 3.56. The molecule has 3 aromatic rings. The molecule has 2 amide bonds. The third-order valence-electron chi connectivity index (χ3n) is 5.40. The minimum Gasteiger partial charge on any atom is -0.441 e. The second kappa shape index (κ2) is 8.67. The van der Waals surface area contributed by atoms with Gasteiger partial charge in [0.05, 0.1) is 5.69 Å². The topological polar surface area (TPSA) is 61.6 Å². The molecule has 0 aliphatic carbocycles. The zero-order valence-electron chi connectivity index (χ0n) is 17.2. The van der Waals surface area contributed by atoms with Crippen molar-refractivity contribution in [2.75, 3.05) is 31.5 Å². The third kappa shape index (κ3) is 4.52. The number of nitrogens with one attached hydrogen (secondary N) is 1. The number of halogens is 1. The lowest BCUT2D eigenvalue weighted by molar-refractivity contribution is 0.141. The summed E-state index contributed by atoms with van der Waals surface area (Å²) in [4.78, 5) is 21.2. The van der Waals surface area contributed by atoms with Crippen LogP contribution in [0.2, 0.25) is 0 Å². The Morgan fingerprint density at radius 2 is 1.77 bits per heavy atom. The van der Waals surface area contributed by atoms with Gasteiger partial charge in [0, 0.05) is 44.0 Å². The van der Waals surface area contributed by atoms with Gasteiger partial charge in [0.15, 0.2) is 0 Å². The molecule has 0 radical (unpaired) electrons. The van der Waals surface area contributed by atoms with Crippen molar-refractivity contribution in [1.82, 2.24) is 14.8 Å². The van der Waals surface area contributed by atoms with Gasteiger partial charge in [0.2, 0.25) is 5.89 Å². The predicted octanol–water partition coefficient (Wildman–Crippen LogP) is 4.45. The summed E-state index contributed by atoms with van der Waals surface area (Å²) in [5.74, 6) is 1.15. The van der Waals surface area contributed by atoms with Crippen molar-refractivity contribution < 1.29 is 13.6 Å². The Balaban J connectivity index is 1.33. The molecule has 1 aliphatic heterocycles. The number of hydrogen-bond donors (Lipinski definition) is 1. The normalized spacial score (nSPS) is 14.7. The molecule has 1 N–H and O–H groups in total. The molecule has 0 unspecified atom stereocenters. The van der Waals surface area contributed by atoms with Crippen LogP contribution in [0.25, 0.3) is 11.5 Å². The zero-order valence-corrected chi connectivity index (χ0v) is 17.2. The lowest BCUT2D eigenvalue weighted by Gasteiger charge is -2.34. The van der Waals surface area contributed by atoms with Crippen LogP contribution in [0.15, 0.2) is 52.9 Å². The number of benzene rings is 2. The van der Waals surface area contributed by atoms with Gasteiger partial charge < -0.3 is 14.6 Å². The molecule has 2 aromatic carbocycles. The number of nitrogens with zero attached hydrogens (tertiary/aromatic N) is 3. The average Bonchev–Trinajstić information content (AvgIpc) is 3.10. The predicted molar refractivity (Wildman–Crippen MR) is 114 cm³/mol. The lowest BCUT2D eigenvalue weighted by atomic mass is 10.1. The van der Waals surface area contributed by atoms with E-state index >= 15 is 0 Å². The number of oxazole rings is 1. The summed E-state index contributed by atoms with van der Waals surface area (Å²) in [6, 6.07) is 13.7. The van der Waals surface area contributed by atoms with E-state index in [-0.39, 0.29) is 11.8 Å². The van der Waals surface area contributed by atoms with Crippen molar-refractivity contribution in [3.8, 4) is 11.5 Å². The molecule has 30 heavy (non-hydrogen) atoms. The molecule has 6 nitrogen and oxygen atoms in total. The van der Waals surface area contributed by atoms with Gasteiger partial charge in [0.1, 0.15) is 11.6 Å². The smallest absolute Gasteiger partial charge is 0.321 e. The molecule has 1 fully saturated rings. The number of carbonyl (C=O) groups is 1. The average molecular weight is 408 g/mol. The minimum atomic E-state index is -0.324. The van der Waals surface area contributed by atoms with Crippen LogP contribution in [0.5, 0.6) is 0 Å². The van der Waals surface area contributed by atoms with Crippen LogP contribution in [0.1, 0.15) is 17.0 Å². The first-order chi connectivity index (χ1) is 14.5. The summed E-state index contributed by atoms with van der Waals surface area (Å²) >= 11 is 0. The molecule has 2 heterocycles. The number of aryl methyl sites for hydroxylation is 2. The molecule has 7 heteroatoms. The summed E-state index contributed by atoms with van der Waals surface area (Å²) in [6.45, 7) is 7.42. The van der Waals surface area contributed by atoms with E-state index in [2.05, 4.69) is 10.2 Å². The summed E-state index contributed by atoms with van der Waals surface area (Å²) < 4.78 is 18.9. The summed E-state index contributed by atoms with van der Waals surface area (Å²) in [5, 5.41) is 2.81. The van der Waals surface area contributed by atoms with Crippen molar-refractivity contribution in [1.29, 1.82) is 0 Å². The van der Waals surface area contributed by atoms with Gasteiger partial charge in [-0.3, -0.25) is 4.90 Å². The van der Waals surface area contributed by atoms with Crippen molar-refractivity contribution in [3.05, 3.63) is 71.4 Å². The Kier molecular flexibility index (Phi) is 5.81. The van der Waals surface area contributed by atoms with Gasteiger partial charge >= 0.3 is 6.03 Å². The van der Waals surface area contributed by atoms with E-state index in [1.807, 2.05) is 38.1 Å². The summed E-state index contributed by atoms with van der Waals surface area (Å²) in [5.41, 5.74) is 3.66. The van der Waals surface area contributed by atoms with Gasteiger partial charge in [-0.05, 0) is 49.7 Å². The number of urea groups is 1. The lowest BCUT2D eigenvalue weighted by Crippen LogP contribution is -2.49. The Morgan fingerprint density at radius 1 is 1.07 bits per heavy atom. The first-order valence-electron chi connectivity index (χ1n) is 10.1. The van der Waals surface area contributed by atoms with E-state index in [0.717, 1.165) is 35.7 Å². The molecule has 1 aliphatic rings. The molecule has 156 valence electrons. The van der Waals surface area contributed by atoms with E-state index < -0.39 is 0 Å². The maximum atomic E-state index is 13.0. The second-order valence-electron chi connectivity index (χ2n) is 7.54. The van der Waals surface area contributed by atoms with Crippen LogP contribution in [0.4, 0.5) is 14.9 Å². The minimum absolute atomic E-state index is 0.166. The van der Waals surface area contributed by atoms with E-state index in [1.165, 1.54) is 12.1 Å². The highest BCUT2D eigenvalue weighted by Gasteiger charge is 2.23. The zero-order chi connectivity index (χ0) is 21.1. The summed E-state index contributed by atoms with van der Waals surface area (Å²) in [6.07, 6.45) is 0. The van der Waals surface area contributed by atoms with Crippen LogP contribution >= 0.6 is 0 Å². The SMILES string of the molecule is Cc1ccccc1-c1nc(CN2CCN(C(=O)Nc3ccc(F)cc3)CC2)c(C)o1. The molecular formula is C23H25FN4O2. The highest BCUT2D eigenvalue weighted by atomic mass is 19.1. The molecule has 4 rings (SSSR count). The van der Waals surface area contributed by atoms with Crippen LogP contribution in [0, 0.1) is 19.7 Å². The number of carbonyl (C=O) groups excluding carboxylic acids is 1. The second-order valence-corrected chi connectivity index (χ2v) is 7.54.